The molecule has 0 saturated heterocycles. The molecule has 0 fully saturated rings. The van der Waals surface area contributed by atoms with Gasteiger partial charge in [0.05, 0.1) is 19.8 Å². The standard InChI is InChI=1S/C35H54N2O8P2/c1-11-14-15-16-28-22-31(44-46(40,19-12-2)36-26(7)34(38)42-9)33(30-21-25(6)17-18-29(30)24(4)5)32(23-28)45-47(41,20-13-3)37-27(8)35(39)43-10/h17-18,21-23,26-27H,4,11-16,19-20H2,1-3,5-10H3,(H,36,40)(H,37,41)/t26-,27+,46?,47?. The van der Waals surface area contributed by atoms with Crippen molar-refractivity contribution in [1.82, 2.24) is 10.2 Å². The number of carbonyl (C=O) groups excluding carboxylic acids is 2. The van der Waals surface area contributed by atoms with Crippen LogP contribution in [-0.4, -0.2) is 50.6 Å². The number of benzene rings is 2. The Labute approximate surface area is 281 Å². The van der Waals surface area contributed by atoms with E-state index in [-0.39, 0.29) is 23.8 Å². The van der Waals surface area contributed by atoms with Crippen molar-refractivity contribution in [3.8, 4) is 22.6 Å². The van der Waals surface area contributed by atoms with Crippen molar-refractivity contribution in [3.05, 3.63) is 53.6 Å². The first-order chi connectivity index (χ1) is 22.2. The first-order valence-electron chi connectivity index (χ1n) is 16.4. The number of hydrogen-bond donors (Lipinski definition) is 2. The zero-order valence-electron chi connectivity index (χ0n) is 29.6. The molecule has 2 aromatic carbocycles. The fourth-order valence-corrected chi connectivity index (χ4v) is 9.28. The number of esters is 2. The van der Waals surface area contributed by atoms with Gasteiger partial charge in [-0.05, 0) is 82.2 Å². The van der Waals surface area contributed by atoms with Gasteiger partial charge in [0.2, 0.25) is 0 Å². The molecular formula is C35H54N2O8P2. The molecule has 0 aliphatic heterocycles. The van der Waals surface area contributed by atoms with Crippen LogP contribution in [0.25, 0.3) is 16.7 Å². The lowest BCUT2D eigenvalue weighted by molar-refractivity contribution is -0.143. The summed E-state index contributed by atoms with van der Waals surface area (Å²) in [6, 6.07) is 7.78. The maximum Gasteiger partial charge on any atom is 0.323 e. The average molecular weight is 693 g/mol. The molecule has 0 heterocycles. The summed E-state index contributed by atoms with van der Waals surface area (Å²) in [4.78, 5) is 24.7. The van der Waals surface area contributed by atoms with Crippen LogP contribution in [0.15, 0.2) is 36.9 Å². The zero-order valence-corrected chi connectivity index (χ0v) is 31.4. The van der Waals surface area contributed by atoms with E-state index in [1.807, 2.05) is 58.0 Å². The van der Waals surface area contributed by atoms with Crippen LogP contribution in [-0.2, 0) is 34.6 Å². The van der Waals surface area contributed by atoms with Gasteiger partial charge in [0, 0.05) is 12.3 Å². The normalized spacial score (nSPS) is 15.1. The van der Waals surface area contributed by atoms with Gasteiger partial charge in [-0.1, -0.05) is 69.5 Å². The van der Waals surface area contributed by atoms with E-state index in [2.05, 4.69) is 23.7 Å². The fraction of sp³-hybridized carbons (Fsp3) is 0.543. The van der Waals surface area contributed by atoms with Gasteiger partial charge in [0.25, 0.3) is 0 Å². The third-order valence-corrected chi connectivity index (χ3v) is 12.1. The SMILES string of the molecule is C=C(C)c1ccc(C)cc1-c1c(OP(=O)(CCC)N[C@@H](C)C(=O)OC)cc(CCCCC)cc1OP(=O)(CCC)N[C@H](C)C(=O)OC. The maximum atomic E-state index is 14.5. The number of aryl methyl sites for hydroxylation is 2. The van der Waals surface area contributed by atoms with Crippen LogP contribution in [0.4, 0.5) is 0 Å². The van der Waals surface area contributed by atoms with Gasteiger partial charge < -0.3 is 18.5 Å². The molecule has 10 nitrogen and oxygen atoms in total. The molecule has 2 rings (SSSR count). The molecule has 262 valence electrons. The number of unbranched alkanes of at least 4 members (excludes halogenated alkanes) is 2. The number of hydrogen-bond acceptors (Lipinski definition) is 8. The number of rotatable bonds is 20. The second kappa shape index (κ2) is 18.6. The Balaban J connectivity index is 2.99. The maximum absolute atomic E-state index is 14.5. The molecule has 0 radical (unpaired) electrons. The monoisotopic (exact) mass is 692 g/mol. The van der Waals surface area contributed by atoms with Gasteiger partial charge in [-0.25, -0.2) is 10.2 Å². The smallest absolute Gasteiger partial charge is 0.323 e. The molecule has 0 spiro atoms. The Morgan fingerprint density at radius 3 is 1.70 bits per heavy atom. The minimum absolute atomic E-state index is 0.137. The van der Waals surface area contributed by atoms with Crippen molar-refractivity contribution in [2.75, 3.05) is 26.5 Å². The summed E-state index contributed by atoms with van der Waals surface area (Å²) < 4.78 is 51.8. The topological polar surface area (TPSA) is 129 Å². The van der Waals surface area contributed by atoms with Crippen LogP contribution in [0.1, 0.15) is 90.3 Å². The quantitative estimate of drug-likeness (QED) is 0.0790. The molecule has 2 N–H and O–H groups in total. The molecule has 0 bridgehead atoms. The molecular weight excluding hydrogens is 638 g/mol. The van der Waals surface area contributed by atoms with Gasteiger partial charge in [0.1, 0.15) is 23.6 Å². The highest BCUT2D eigenvalue weighted by atomic mass is 31.2. The molecule has 0 amide bonds. The van der Waals surface area contributed by atoms with Crippen molar-refractivity contribution in [3.63, 3.8) is 0 Å². The van der Waals surface area contributed by atoms with Gasteiger partial charge in [-0.3, -0.25) is 18.7 Å². The lowest BCUT2D eigenvalue weighted by Crippen LogP contribution is -2.35. The van der Waals surface area contributed by atoms with Crippen LogP contribution in [0.5, 0.6) is 11.5 Å². The Hall–Kier alpha value is -2.90. The summed E-state index contributed by atoms with van der Waals surface area (Å²) in [5.74, 6) is -0.630. The number of nitrogens with one attached hydrogen (secondary N) is 2. The summed E-state index contributed by atoms with van der Waals surface area (Å²) in [7, 11) is -4.88. The number of carbonyl (C=O) groups is 2. The van der Waals surface area contributed by atoms with Crippen LogP contribution in [0, 0.1) is 6.92 Å². The van der Waals surface area contributed by atoms with E-state index < -0.39 is 39.1 Å². The third-order valence-electron chi connectivity index (χ3n) is 7.52. The number of methoxy groups -OCH3 is 2. The lowest BCUT2D eigenvalue weighted by Gasteiger charge is -2.28. The first kappa shape index (κ1) is 40.3. The number of ether oxygens (including phenoxy) is 2. The van der Waals surface area contributed by atoms with Gasteiger partial charge >= 0.3 is 27.0 Å². The van der Waals surface area contributed by atoms with E-state index in [1.165, 1.54) is 14.2 Å². The lowest BCUT2D eigenvalue weighted by atomic mass is 9.91. The van der Waals surface area contributed by atoms with E-state index in [1.54, 1.807) is 13.8 Å². The summed E-state index contributed by atoms with van der Waals surface area (Å²) in [5, 5.41) is 5.82. The predicted octanol–water partition coefficient (Wildman–Crippen LogP) is 8.69. The molecule has 0 aliphatic rings. The number of allylic oxidation sites excluding steroid dienone is 1. The minimum Gasteiger partial charge on any atom is -0.468 e. The molecule has 12 heteroatoms. The summed E-state index contributed by atoms with van der Waals surface area (Å²) in [5.41, 5.74) is 4.48. The second-order valence-corrected chi connectivity index (χ2v) is 16.4. The van der Waals surface area contributed by atoms with E-state index >= 15 is 0 Å². The summed E-state index contributed by atoms with van der Waals surface area (Å²) >= 11 is 0. The first-order valence-corrected chi connectivity index (χ1v) is 20.0. The minimum atomic E-state index is -3.71. The van der Waals surface area contributed by atoms with Gasteiger partial charge in [-0.2, -0.15) is 0 Å². The van der Waals surface area contributed by atoms with Crippen molar-refractivity contribution >= 4 is 32.6 Å². The van der Waals surface area contributed by atoms with Crippen LogP contribution < -0.4 is 19.2 Å². The highest BCUT2D eigenvalue weighted by molar-refractivity contribution is 7.57. The van der Waals surface area contributed by atoms with Crippen LogP contribution in [0.2, 0.25) is 0 Å². The third kappa shape index (κ3) is 11.6. The van der Waals surface area contributed by atoms with E-state index in [0.29, 0.717) is 30.4 Å². The summed E-state index contributed by atoms with van der Waals surface area (Å²) in [6.07, 6.45) is 4.84. The van der Waals surface area contributed by atoms with Gasteiger partial charge in [-0.15, -0.1) is 0 Å². The molecule has 0 aliphatic carbocycles. The molecule has 0 aromatic heterocycles. The Morgan fingerprint density at radius 1 is 0.809 bits per heavy atom. The van der Waals surface area contributed by atoms with E-state index in [4.69, 9.17) is 18.5 Å². The largest absolute Gasteiger partial charge is 0.468 e. The fourth-order valence-electron chi connectivity index (χ4n) is 5.24. The molecule has 2 unspecified atom stereocenters. The van der Waals surface area contributed by atoms with Crippen LogP contribution in [0.3, 0.4) is 0 Å². The molecule has 4 atom stereocenters. The average Bonchev–Trinajstić information content (AvgIpc) is 2.99. The highest BCUT2D eigenvalue weighted by Crippen LogP contribution is 2.54. The van der Waals surface area contributed by atoms with Crippen molar-refractivity contribution in [2.24, 2.45) is 0 Å². The van der Waals surface area contributed by atoms with E-state index in [9.17, 15) is 18.7 Å². The highest BCUT2D eigenvalue weighted by Gasteiger charge is 2.34. The van der Waals surface area contributed by atoms with Gasteiger partial charge in [0.15, 0.2) is 0 Å². The molecule has 47 heavy (non-hydrogen) atoms. The van der Waals surface area contributed by atoms with Crippen molar-refractivity contribution in [2.45, 2.75) is 99.1 Å². The zero-order chi connectivity index (χ0) is 35.4. The Morgan fingerprint density at radius 2 is 1.30 bits per heavy atom. The molecule has 2 aromatic rings. The Kier molecular flexibility index (Phi) is 15.9. The predicted molar refractivity (Wildman–Crippen MR) is 191 cm³/mol. The van der Waals surface area contributed by atoms with Crippen molar-refractivity contribution in [1.29, 1.82) is 0 Å². The second-order valence-electron chi connectivity index (χ2n) is 12.0. The van der Waals surface area contributed by atoms with E-state index in [0.717, 1.165) is 41.5 Å². The Bertz CT molecular complexity index is 1420. The molecule has 0 saturated carbocycles. The van der Waals surface area contributed by atoms with Crippen molar-refractivity contribution < 1.29 is 37.2 Å². The van der Waals surface area contributed by atoms with Crippen LogP contribution >= 0.6 is 15.0 Å². The summed E-state index contributed by atoms with van der Waals surface area (Å²) in [6.45, 7) is 17.1.